The Balaban J connectivity index is 2.06. The number of hydrogen-bond acceptors (Lipinski definition) is 4. The van der Waals surface area contributed by atoms with Gasteiger partial charge in [0, 0.05) is 23.2 Å². The van der Waals surface area contributed by atoms with E-state index in [9.17, 15) is 9.18 Å². The van der Waals surface area contributed by atoms with Crippen molar-refractivity contribution in [3.8, 4) is 11.5 Å². The lowest BCUT2D eigenvalue weighted by Gasteiger charge is -2.14. The summed E-state index contributed by atoms with van der Waals surface area (Å²) < 4.78 is 24.1. The van der Waals surface area contributed by atoms with Crippen LogP contribution in [0.2, 0.25) is 5.02 Å². The van der Waals surface area contributed by atoms with Crippen LogP contribution in [-0.2, 0) is 0 Å². The third kappa shape index (κ3) is 3.41. The fraction of sp³-hybridized carbons (Fsp3) is 0.158. The van der Waals surface area contributed by atoms with Crippen LogP contribution in [0, 0.1) is 12.7 Å². The van der Waals surface area contributed by atoms with Gasteiger partial charge in [-0.3, -0.25) is 9.78 Å². The zero-order valence-corrected chi connectivity index (χ0v) is 15.1. The van der Waals surface area contributed by atoms with Crippen molar-refractivity contribution in [1.82, 2.24) is 4.98 Å². The molecule has 0 atom stereocenters. The molecular formula is C19H16ClFN2O3. The van der Waals surface area contributed by atoms with Gasteiger partial charge in [-0.05, 0) is 31.2 Å². The highest BCUT2D eigenvalue weighted by Gasteiger charge is 2.17. The second-order valence-electron chi connectivity index (χ2n) is 5.61. The molecule has 26 heavy (non-hydrogen) atoms. The molecule has 1 N–H and O–H groups in total. The molecule has 0 radical (unpaired) electrons. The molecule has 0 aliphatic rings. The monoisotopic (exact) mass is 374 g/mol. The first-order valence-electron chi connectivity index (χ1n) is 7.72. The van der Waals surface area contributed by atoms with Crippen LogP contribution >= 0.6 is 11.6 Å². The van der Waals surface area contributed by atoms with E-state index in [-0.39, 0.29) is 0 Å². The van der Waals surface area contributed by atoms with E-state index in [1.54, 1.807) is 31.2 Å². The van der Waals surface area contributed by atoms with Crippen LogP contribution in [0.4, 0.5) is 10.1 Å². The normalized spacial score (nSPS) is 10.7. The minimum atomic E-state index is -0.442. The predicted octanol–water partition coefficient (Wildman–Crippen LogP) is 4.61. The molecule has 1 aromatic heterocycles. The van der Waals surface area contributed by atoms with Gasteiger partial charge in [-0.2, -0.15) is 0 Å². The highest BCUT2D eigenvalue weighted by molar-refractivity contribution is 6.32. The quantitative estimate of drug-likeness (QED) is 0.724. The molecule has 7 heteroatoms. The van der Waals surface area contributed by atoms with Gasteiger partial charge in [-0.1, -0.05) is 11.6 Å². The Morgan fingerprint density at radius 2 is 1.85 bits per heavy atom. The number of ether oxygens (including phenoxy) is 2. The van der Waals surface area contributed by atoms with Gasteiger partial charge >= 0.3 is 0 Å². The Bertz CT molecular complexity index is 1010. The lowest BCUT2D eigenvalue weighted by Crippen LogP contribution is -2.14. The zero-order valence-electron chi connectivity index (χ0n) is 14.4. The maximum atomic E-state index is 13.7. The largest absolute Gasteiger partial charge is 0.495 e. The number of fused-ring (bicyclic) bond motifs is 1. The van der Waals surface area contributed by atoms with Crippen LogP contribution in [-0.4, -0.2) is 25.1 Å². The van der Waals surface area contributed by atoms with Gasteiger partial charge in [0.05, 0.1) is 36.0 Å². The molecule has 3 rings (SSSR count). The molecule has 0 aliphatic carbocycles. The third-order valence-corrected chi connectivity index (χ3v) is 4.16. The second kappa shape index (κ2) is 7.17. The number of benzene rings is 2. The molecule has 0 saturated heterocycles. The van der Waals surface area contributed by atoms with E-state index in [1.165, 1.54) is 26.4 Å². The van der Waals surface area contributed by atoms with Crippen LogP contribution in [0.15, 0.2) is 36.4 Å². The molecule has 134 valence electrons. The number of rotatable bonds is 4. The van der Waals surface area contributed by atoms with E-state index in [0.717, 1.165) is 0 Å². The molecule has 0 fully saturated rings. The van der Waals surface area contributed by atoms with Crippen LogP contribution in [0.5, 0.6) is 11.5 Å². The van der Waals surface area contributed by atoms with Crippen LogP contribution < -0.4 is 14.8 Å². The summed E-state index contributed by atoms with van der Waals surface area (Å²) >= 11 is 6.08. The third-order valence-electron chi connectivity index (χ3n) is 3.87. The zero-order chi connectivity index (χ0) is 18.8. The molecule has 3 aromatic rings. The highest BCUT2D eigenvalue weighted by Crippen LogP contribution is 2.36. The number of aryl methyl sites for hydroxylation is 1. The van der Waals surface area contributed by atoms with Gasteiger partial charge in [0.15, 0.2) is 0 Å². The number of amides is 1. The number of pyridine rings is 1. The van der Waals surface area contributed by atoms with Crippen LogP contribution in [0.1, 0.15) is 16.1 Å². The first-order chi connectivity index (χ1) is 12.4. The van der Waals surface area contributed by atoms with Gasteiger partial charge in [0.1, 0.15) is 17.3 Å². The van der Waals surface area contributed by atoms with Crippen molar-refractivity contribution in [3.05, 3.63) is 58.5 Å². The fourth-order valence-electron chi connectivity index (χ4n) is 2.67. The summed E-state index contributed by atoms with van der Waals surface area (Å²) in [5.41, 5.74) is 1.88. The van der Waals surface area contributed by atoms with E-state index in [1.807, 2.05) is 0 Å². The number of carbonyl (C=O) groups is 1. The van der Waals surface area contributed by atoms with Crippen molar-refractivity contribution in [2.24, 2.45) is 0 Å². The van der Waals surface area contributed by atoms with Crippen LogP contribution in [0.3, 0.4) is 0 Å². The summed E-state index contributed by atoms with van der Waals surface area (Å²) in [6, 6.07) is 8.86. The summed E-state index contributed by atoms with van der Waals surface area (Å²) in [5.74, 6) is -0.0910. The molecule has 0 bridgehead atoms. The van der Waals surface area contributed by atoms with E-state index >= 15 is 0 Å². The second-order valence-corrected chi connectivity index (χ2v) is 6.02. The van der Waals surface area contributed by atoms with Gasteiger partial charge in [-0.25, -0.2) is 4.39 Å². The maximum absolute atomic E-state index is 13.7. The number of carbonyl (C=O) groups excluding carboxylic acids is 1. The number of halogens is 2. The molecule has 0 saturated carbocycles. The molecule has 0 unspecified atom stereocenters. The molecular weight excluding hydrogens is 359 g/mol. The number of nitrogens with zero attached hydrogens (tertiary/aromatic N) is 1. The summed E-state index contributed by atoms with van der Waals surface area (Å²) in [5, 5.41) is 3.55. The smallest absolute Gasteiger partial charge is 0.256 e. The van der Waals surface area contributed by atoms with Crippen molar-refractivity contribution in [1.29, 1.82) is 0 Å². The molecule has 1 heterocycles. The molecule has 1 amide bonds. The SMILES string of the molecule is COc1cc(NC(=O)c2cc(C)nc3ccc(F)cc23)c(OC)cc1Cl. The predicted molar refractivity (Wildman–Crippen MR) is 98.9 cm³/mol. The Labute approximate surface area is 154 Å². The van der Waals surface area contributed by atoms with Crippen molar-refractivity contribution >= 4 is 34.1 Å². The number of anilines is 1. The van der Waals surface area contributed by atoms with Crippen molar-refractivity contribution in [3.63, 3.8) is 0 Å². The highest BCUT2D eigenvalue weighted by atomic mass is 35.5. The van der Waals surface area contributed by atoms with E-state index < -0.39 is 11.7 Å². The van der Waals surface area contributed by atoms with Crippen LogP contribution in [0.25, 0.3) is 10.9 Å². The number of nitrogens with one attached hydrogen (secondary N) is 1. The molecule has 0 spiro atoms. The summed E-state index contributed by atoms with van der Waals surface area (Å²) in [7, 11) is 2.94. The standard InChI is InChI=1S/C19H16ClFN2O3/c1-10-6-13(12-7-11(21)4-5-15(12)22-10)19(24)23-16-9-17(25-2)14(20)8-18(16)26-3/h4-9H,1-3H3,(H,23,24). The Hall–Kier alpha value is -2.86. The lowest BCUT2D eigenvalue weighted by atomic mass is 10.1. The van der Waals surface area contributed by atoms with Crippen molar-refractivity contribution in [2.75, 3.05) is 19.5 Å². The van der Waals surface area contributed by atoms with E-state index in [0.29, 0.717) is 44.4 Å². The summed E-state index contributed by atoms with van der Waals surface area (Å²) in [6.45, 7) is 1.77. The lowest BCUT2D eigenvalue weighted by molar-refractivity contribution is 0.102. The fourth-order valence-corrected chi connectivity index (χ4v) is 2.90. The van der Waals surface area contributed by atoms with Gasteiger partial charge in [-0.15, -0.1) is 0 Å². The van der Waals surface area contributed by atoms with Crippen molar-refractivity contribution in [2.45, 2.75) is 6.92 Å². The van der Waals surface area contributed by atoms with Gasteiger partial charge < -0.3 is 14.8 Å². The Kier molecular flexibility index (Phi) is 4.95. The average molecular weight is 375 g/mol. The van der Waals surface area contributed by atoms with Gasteiger partial charge in [0.25, 0.3) is 5.91 Å². The average Bonchev–Trinajstić information content (AvgIpc) is 2.62. The number of methoxy groups -OCH3 is 2. The van der Waals surface area contributed by atoms with Gasteiger partial charge in [0.2, 0.25) is 0 Å². The molecule has 5 nitrogen and oxygen atoms in total. The topological polar surface area (TPSA) is 60.5 Å². The first-order valence-corrected chi connectivity index (χ1v) is 8.10. The minimum absolute atomic E-state index is 0.308. The summed E-state index contributed by atoms with van der Waals surface area (Å²) in [6.07, 6.45) is 0. The molecule has 2 aromatic carbocycles. The van der Waals surface area contributed by atoms with E-state index in [2.05, 4.69) is 10.3 Å². The number of aromatic nitrogens is 1. The Morgan fingerprint density at radius 3 is 2.54 bits per heavy atom. The van der Waals surface area contributed by atoms with E-state index in [4.69, 9.17) is 21.1 Å². The minimum Gasteiger partial charge on any atom is -0.495 e. The first kappa shape index (κ1) is 17.9. The molecule has 0 aliphatic heterocycles. The Morgan fingerprint density at radius 1 is 1.12 bits per heavy atom. The number of hydrogen-bond donors (Lipinski definition) is 1. The maximum Gasteiger partial charge on any atom is 0.256 e. The van der Waals surface area contributed by atoms with Crippen molar-refractivity contribution < 1.29 is 18.7 Å². The summed E-state index contributed by atoms with van der Waals surface area (Å²) in [4.78, 5) is 17.2.